The maximum Gasteiger partial charge on any atom is 0.240 e. The monoisotopic (exact) mass is 386 g/mol. The number of aromatic amines is 1. The number of aromatic nitrogens is 3. The lowest BCUT2D eigenvalue weighted by molar-refractivity contribution is 0.588. The van der Waals surface area contributed by atoms with Crippen molar-refractivity contribution in [2.24, 2.45) is 0 Å². The van der Waals surface area contributed by atoms with Gasteiger partial charge in [-0.05, 0) is 51.1 Å². The van der Waals surface area contributed by atoms with Crippen LogP contribution in [0.25, 0.3) is 11.4 Å². The lowest BCUT2D eigenvalue weighted by Crippen LogP contribution is -2.27. The van der Waals surface area contributed by atoms with Crippen molar-refractivity contribution >= 4 is 27.2 Å². The second-order valence-corrected chi connectivity index (χ2v) is 8.54. The molecular weight excluding hydrogens is 364 g/mol. The summed E-state index contributed by atoms with van der Waals surface area (Å²) in [5.74, 6) is 1.36. The van der Waals surface area contributed by atoms with Crippen molar-refractivity contribution in [1.82, 2.24) is 19.7 Å². The zero-order chi connectivity index (χ0) is 19.0. The van der Waals surface area contributed by atoms with Crippen LogP contribution in [0.5, 0.6) is 0 Å². The molecule has 3 heterocycles. The minimum Gasteiger partial charge on any atom is -0.367 e. The van der Waals surface area contributed by atoms with Crippen molar-refractivity contribution in [3.05, 3.63) is 36.8 Å². The first-order valence-corrected chi connectivity index (χ1v) is 10.4. The molecule has 0 spiro atoms. The number of nitrogens with zero attached hydrogens (tertiary/aromatic N) is 3. The summed E-state index contributed by atoms with van der Waals surface area (Å²) in [4.78, 5) is 14.1. The van der Waals surface area contributed by atoms with Crippen LogP contribution in [-0.2, 0) is 10.0 Å². The SMILES string of the molecule is CNS(=O)(=O)c1ccc(N2CCC[C@H]2C)c(Nc2nc[nH]c3nccc2-3)c1. The zero-order valence-corrected chi connectivity index (χ0v) is 16.0. The Balaban J connectivity index is 1.80. The number of anilines is 3. The molecule has 1 aromatic rings. The van der Waals surface area contributed by atoms with Gasteiger partial charge in [0.15, 0.2) is 0 Å². The summed E-state index contributed by atoms with van der Waals surface area (Å²) in [6.45, 7) is 3.13. The van der Waals surface area contributed by atoms with Crippen LogP contribution in [0.4, 0.5) is 17.2 Å². The molecule has 1 saturated heterocycles. The predicted molar refractivity (Wildman–Crippen MR) is 105 cm³/mol. The largest absolute Gasteiger partial charge is 0.367 e. The van der Waals surface area contributed by atoms with Gasteiger partial charge < -0.3 is 15.2 Å². The topological polar surface area (TPSA) is 103 Å². The maximum atomic E-state index is 12.3. The van der Waals surface area contributed by atoms with Gasteiger partial charge in [0.1, 0.15) is 11.6 Å². The average molecular weight is 386 g/mol. The molecule has 1 aromatic carbocycles. The Kier molecular flexibility index (Phi) is 4.48. The Morgan fingerprint density at radius 2 is 2.11 bits per heavy atom. The molecule has 3 N–H and O–H groups in total. The third-order valence-corrected chi connectivity index (χ3v) is 6.42. The standard InChI is InChI=1S/C18H22N6O2S/c1-12-4-3-9-24(12)16-6-5-13(27(25,26)19-2)10-15(16)23-18-14-7-8-20-17(14)21-11-22-18/h5-8,10-12,19H,3-4,9H2,1-2H3,(H2,20,21,22,23)/t12-/m1/s1. The molecule has 3 aliphatic heterocycles. The second kappa shape index (κ2) is 6.82. The highest BCUT2D eigenvalue weighted by Crippen LogP contribution is 2.37. The summed E-state index contributed by atoms with van der Waals surface area (Å²) in [7, 11) is -2.14. The summed E-state index contributed by atoms with van der Waals surface area (Å²) in [5.41, 5.74) is 2.53. The van der Waals surface area contributed by atoms with Gasteiger partial charge >= 0.3 is 0 Å². The minimum atomic E-state index is -3.55. The quantitative estimate of drug-likeness (QED) is 0.623. The highest BCUT2D eigenvalue weighted by Gasteiger charge is 2.25. The van der Waals surface area contributed by atoms with E-state index in [0.29, 0.717) is 17.5 Å². The molecule has 0 bridgehead atoms. The fraction of sp³-hybridized carbons (Fsp3) is 0.333. The van der Waals surface area contributed by atoms with E-state index >= 15 is 0 Å². The van der Waals surface area contributed by atoms with Gasteiger partial charge in [0.25, 0.3) is 0 Å². The first-order chi connectivity index (χ1) is 13.0. The summed E-state index contributed by atoms with van der Waals surface area (Å²) in [6, 6.07) is 7.43. The van der Waals surface area contributed by atoms with Gasteiger partial charge in [0.2, 0.25) is 10.0 Å². The fourth-order valence-electron chi connectivity index (χ4n) is 3.54. The molecule has 0 amide bonds. The summed E-state index contributed by atoms with van der Waals surface area (Å²) < 4.78 is 27.0. The maximum absolute atomic E-state index is 12.3. The molecule has 0 aliphatic carbocycles. The minimum absolute atomic E-state index is 0.211. The number of hydrogen-bond acceptors (Lipinski definition) is 6. The van der Waals surface area contributed by atoms with Crippen molar-refractivity contribution in [1.29, 1.82) is 0 Å². The van der Waals surface area contributed by atoms with E-state index in [4.69, 9.17) is 0 Å². The number of sulfonamides is 1. The molecule has 0 radical (unpaired) electrons. The first kappa shape index (κ1) is 17.7. The first-order valence-electron chi connectivity index (χ1n) is 8.89. The molecular formula is C18H22N6O2S. The molecule has 142 valence electrons. The smallest absolute Gasteiger partial charge is 0.240 e. The summed E-state index contributed by atoms with van der Waals surface area (Å²) in [6.07, 6.45) is 5.52. The van der Waals surface area contributed by atoms with Crippen molar-refractivity contribution in [2.75, 3.05) is 23.8 Å². The molecule has 0 unspecified atom stereocenters. The molecule has 1 fully saturated rings. The van der Waals surface area contributed by atoms with Crippen LogP contribution in [0, 0.1) is 0 Å². The van der Waals surface area contributed by atoms with E-state index in [9.17, 15) is 8.42 Å². The fourth-order valence-corrected chi connectivity index (χ4v) is 4.29. The van der Waals surface area contributed by atoms with E-state index in [1.54, 1.807) is 24.7 Å². The van der Waals surface area contributed by atoms with E-state index in [1.165, 1.54) is 7.05 Å². The zero-order valence-electron chi connectivity index (χ0n) is 15.2. The lowest BCUT2D eigenvalue weighted by Gasteiger charge is -2.27. The summed E-state index contributed by atoms with van der Waals surface area (Å²) >= 11 is 0. The normalized spacial score (nSPS) is 17.6. The van der Waals surface area contributed by atoms with E-state index in [0.717, 1.165) is 36.5 Å². The van der Waals surface area contributed by atoms with Crippen LogP contribution in [0.2, 0.25) is 0 Å². The van der Waals surface area contributed by atoms with Crippen LogP contribution < -0.4 is 14.9 Å². The van der Waals surface area contributed by atoms with Gasteiger partial charge in [-0.2, -0.15) is 0 Å². The molecule has 1 atom stereocenters. The van der Waals surface area contributed by atoms with Crippen molar-refractivity contribution in [2.45, 2.75) is 30.7 Å². The number of rotatable bonds is 5. The summed E-state index contributed by atoms with van der Waals surface area (Å²) in [5, 5.41) is 3.33. The van der Waals surface area contributed by atoms with Gasteiger partial charge in [-0.3, -0.25) is 0 Å². The van der Waals surface area contributed by atoms with Crippen molar-refractivity contribution in [3.63, 3.8) is 0 Å². The van der Waals surface area contributed by atoms with Gasteiger partial charge in [0.05, 0.1) is 28.2 Å². The molecule has 9 heteroatoms. The van der Waals surface area contributed by atoms with Gasteiger partial charge in [-0.15, -0.1) is 0 Å². The van der Waals surface area contributed by atoms with Gasteiger partial charge in [-0.1, -0.05) is 0 Å². The van der Waals surface area contributed by atoms with Gasteiger partial charge in [-0.25, -0.2) is 23.1 Å². The molecule has 4 rings (SSSR count). The highest BCUT2D eigenvalue weighted by molar-refractivity contribution is 7.89. The van der Waals surface area contributed by atoms with Crippen LogP contribution in [-0.4, -0.2) is 43.0 Å². The predicted octanol–water partition coefficient (Wildman–Crippen LogP) is 2.55. The number of hydrogen-bond donors (Lipinski definition) is 3. The van der Waals surface area contributed by atoms with Crippen molar-refractivity contribution < 1.29 is 8.42 Å². The Morgan fingerprint density at radius 1 is 1.26 bits per heavy atom. The molecule has 0 saturated carbocycles. The highest BCUT2D eigenvalue weighted by atomic mass is 32.2. The van der Waals surface area contributed by atoms with Gasteiger partial charge in [0, 0.05) is 18.8 Å². The Morgan fingerprint density at radius 3 is 2.85 bits per heavy atom. The molecule has 3 aliphatic rings. The van der Waals surface area contributed by atoms with Crippen LogP contribution in [0.3, 0.4) is 0 Å². The third-order valence-electron chi connectivity index (χ3n) is 5.01. The number of nitrogens with one attached hydrogen (secondary N) is 3. The number of fused-ring (bicyclic) bond motifs is 1. The Hall–Kier alpha value is -2.65. The van der Waals surface area contributed by atoms with Crippen LogP contribution in [0.1, 0.15) is 19.8 Å². The van der Waals surface area contributed by atoms with E-state index in [-0.39, 0.29) is 4.90 Å². The second-order valence-electron chi connectivity index (χ2n) is 6.65. The van der Waals surface area contributed by atoms with E-state index < -0.39 is 10.0 Å². The third kappa shape index (κ3) is 3.24. The van der Waals surface area contributed by atoms with E-state index in [2.05, 4.69) is 36.8 Å². The van der Waals surface area contributed by atoms with Crippen LogP contribution >= 0.6 is 0 Å². The molecule has 27 heavy (non-hydrogen) atoms. The number of H-pyrrole nitrogens is 1. The Bertz CT molecular complexity index is 1030. The molecule has 8 nitrogen and oxygen atoms in total. The Labute approximate surface area is 158 Å². The molecule has 0 aromatic heterocycles. The van der Waals surface area contributed by atoms with Crippen LogP contribution in [0.15, 0.2) is 41.7 Å². The average Bonchev–Trinajstić information content (AvgIpc) is 3.31. The number of benzene rings is 1. The van der Waals surface area contributed by atoms with Crippen molar-refractivity contribution in [3.8, 4) is 11.4 Å². The lowest BCUT2D eigenvalue weighted by atomic mass is 10.2. The van der Waals surface area contributed by atoms with E-state index in [1.807, 2.05) is 12.1 Å².